The maximum atomic E-state index is 5.83. The first-order chi connectivity index (χ1) is 12.1. The zero-order valence-electron chi connectivity index (χ0n) is 15.8. The van der Waals surface area contributed by atoms with Crippen LogP contribution in [0.3, 0.4) is 0 Å². The number of nitrogens with one attached hydrogen (secondary N) is 1. The van der Waals surface area contributed by atoms with Gasteiger partial charge in [-0.3, -0.25) is 0 Å². The van der Waals surface area contributed by atoms with E-state index < -0.39 is 0 Å². The van der Waals surface area contributed by atoms with E-state index in [2.05, 4.69) is 56.1 Å². The predicted molar refractivity (Wildman–Crippen MR) is 106 cm³/mol. The minimum atomic E-state index is 0.613. The van der Waals surface area contributed by atoms with Crippen molar-refractivity contribution in [3.05, 3.63) is 65.2 Å². The first kappa shape index (κ1) is 18.9. The van der Waals surface area contributed by atoms with Crippen LogP contribution in [0.2, 0.25) is 0 Å². The topological polar surface area (TPSA) is 30.5 Å². The molecule has 0 aliphatic rings. The summed E-state index contributed by atoms with van der Waals surface area (Å²) in [5.74, 6) is 1.64. The molecule has 0 aliphatic carbocycles. The van der Waals surface area contributed by atoms with Crippen LogP contribution in [0.1, 0.15) is 36.1 Å². The van der Waals surface area contributed by atoms with Crippen LogP contribution < -0.4 is 14.8 Å². The third kappa shape index (κ3) is 5.02. The molecule has 0 fully saturated rings. The average molecular weight is 339 g/mol. The number of allylic oxidation sites excluding steroid dienone is 1. The maximum Gasteiger partial charge on any atom is 0.164 e. The summed E-state index contributed by atoms with van der Waals surface area (Å²) in [5, 5.41) is 3.50. The Hall–Kier alpha value is -2.42. The second-order valence-corrected chi connectivity index (χ2v) is 6.09. The number of anilines is 1. The van der Waals surface area contributed by atoms with E-state index in [1.807, 2.05) is 19.9 Å². The third-order valence-electron chi connectivity index (χ3n) is 4.15. The van der Waals surface area contributed by atoms with E-state index >= 15 is 0 Å². The van der Waals surface area contributed by atoms with Crippen LogP contribution >= 0.6 is 0 Å². The minimum Gasteiger partial charge on any atom is -0.490 e. The molecule has 134 valence electrons. The molecular formula is C22H29NO2. The van der Waals surface area contributed by atoms with Gasteiger partial charge >= 0.3 is 0 Å². The number of aryl methyl sites for hydroxylation is 2. The molecule has 3 heteroatoms. The van der Waals surface area contributed by atoms with Crippen LogP contribution in [-0.4, -0.2) is 13.2 Å². The molecule has 2 aromatic carbocycles. The van der Waals surface area contributed by atoms with Crippen LogP contribution in [-0.2, 0) is 13.0 Å². The van der Waals surface area contributed by atoms with Gasteiger partial charge in [-0.15, -0.1) is 6.58 Å². The third-order valence-corrected chi connectivity index (χ3v) is 4.15. The first-order valence-electron chi connectivity index (χ1n) is 8.92. The summed E-state index contributed by atoms with van der Waals surface area (Å²) in [6.45, 7) is 14.1. The zero-order valence-corrected chi connectivity index (χ0v) is 15.8. The van der Waals surface area contributed by atoms with Gasteiger partial charge in [0.15, 0.2) is 11.5 Å². The number of rotatable bonds is 9. The van der Waals surface area contributed by atoms with Gasteiger partial charge in [0.25, 0.3) is 0 Å². The van der Waals surface area contributed by atoms with E-state index in [1.54, 1.807) is 0 Å². The summed E-state index contributed by atoms with van der Waals surface area (Å²) in [5.41, 5.74) is 6.00. The molecule has 2 rings (SSSR count). The second-order valence-electron chi connectivity index (χ2n) is 6.09. The molecule has 0 aromatic heterocycles. The smallest absolute Gasteiger partial charge is 0.164 e. The fourth-order valence-corrected chi connectivity index (χ4v) is 2.76. The molecule has 0 spiro atoms. The number of hydrogen-bond acceptors (Lipinski definition) is 3. The van der Waals surface area contributed by atoms with Gasteiger partial charge in [-0.05, 0) is 75.1 Å². The standard InChI is InChI=1S/C22H29NO2/c1-6-9-19-13-18(14-21(24-7-2)22(19)25-8-3)15-23-20-11-10-16(4)17(5)12-20/h6,10-14,23H,1,7-9,15H2,2-5H3. The number of benzene rings is 2. The second kappa shape index (κ2) is 9.16. The molecule has 2 aromatic rings. The SMILES string of the molecule is C=CCc1cc(CNc2ccc(C)c(C)c2)cc(OCC)c1OCC. The highest BCUT2D eigenvalue weighted by Crippen LogP contribution is 2.34. The summed E-state index contributed by atoms with van der Waals surface area (Å²) >= 11 is 0. The van der Waals surface area contributed by atoms with Crippen molar-refractivity contribution in [2.45, 2.75) is 40.7 Å². The summed E-state index contributed by atoms with van der Waals surface area (Å²) in [6, 6.07) is 10.7. The highest BCUT2D eigenvalue weighted by molar-refractivity contribution is 5.52. The molecule has 0 unspecified atom stereocenters. The average Bonchev–Trinajstić information content (AvgIpc) is 2.59. The Labute approximate surface area is 151 Å². The normalized spacial score (nSPS) is 10.4. The fraction of sp³-hybridized carbons (Fsp3) is 0.364. The van der Waals surface area contributed by atoms with Gasteiger partial charge in [-0.2, -0.15) is 0 Å². The molecule has 0 saturated heterocycles. The molecule has 0 heterocycles. The van der Waals surface area contributed by atoms with E-state index in [0.29, 0.717) is 13.2 Å². The molecule has 0 radical (unpaired) electrons. The molecule has 0 bridgehead atoms. The summed E-state index contributed by atoms with van der Waals surface area (Å²) in [7, 11) is 0. The maximum absolute atomic E-state index is 5.83. The van der Waals surface area contributed by atoms with E-state index in [9.17, 15) is 0 Å². The van der Waals surface area contributed by atoms with E-state index in [0.717, 1.165) is 35.7 Å². The molecule has 0 amide bonds. The van der Waals surface area contributed by atoms with Crippen molar-refractivity contribution in [2.75, 3.05) is 18.5 Å². The zero-order chi connectivity index (χ0) is 18.2. The van der Waals surface area contributed by atoms with Gasteiger partial charge in [0.1, 0.15) is 0 Å². The summed E-state index contributed by atoms with van der Waals surface area (Å²) in [4.78, 5) is 0. The summed E-state index contributed by atoms with van der Waals surface area (Å²) in [6.07, 6.45) is 2.65. The van der Waals surface area contributed by atoms with Crippen molar-refractivity contribution < 1.29 is 9.47 Å². The van der Waals surface area contributed by atoms with Crippen LogP contribution in [0.4, 0.5) is 5.69 Å². The Morgan fingerprint density at radius 2 is 1.76 bits per heavy atom. The largest absolute Gasteiger partial charge is 0.490 e. The van der Waals surface area contributed by atoms with Crippen LogP contribution in [0, 0.1) is 13.8 Å². The van der Waals surface area contributed by atoms with Crippen LogP contribution in [0.25, 0.3) is 0 Å². The molecule has 0 saturated carbocycles. The van der Waals surface area contributed by atoms with Crippen molar-refractivity contribution in [1.82, 2.24) is 0 Å². The van der Waals surface area contributed by atoms with E-state index in [-0.39, 0.29) is 0 Å². The molecular weight excluding hydrogens is 310 g/mol. The molecule has 0 aliphatic heterocycles. The van der Waals surface area contributed by atoms with Gasteiger partial charge in [-0.25, -0.2) is 0 Å². The van der Waals surface area contributed by atoms with Crippen LogP contribution in [0.15, 0.2) is 43.0 Å². The van der Waals surface area contributed by atoms with E-state index in [1.165, 1.54) is 16.7 Å². The Kier molecular flexibility index (Phi) is 6.93. The lowest BCUT2D eigenvalue weighted by atomic mass is 10.0. The van der Waals surface area contributed by atoms with Crippen molar-refractivity contribution in [1.29, 1.82) is 0 Å². The molecule has 25 heavy (non-hydrogen) atoms. The highest BCUT2D eigenvalue weighted by Gasteiger charge is 2.13. The predicted octanol–water partition coefficient (Wildman–Crippen LogP) is 5.44. The first-order valence-corrected chi connectivity index (χ1v) is 8.92. The fourth-order valence-electron chi connectivity index (χ4n) is 2.76. The molecule has 3 nitrogen and oxygen atoms in total. The Morgan fingerprint density at radius 1 is 1.00 bits per heavy atom. The lowest BCUT2D eigenvalue weighted by Crippen LogP contribution is -2.05. The van der Waals surface area contributed by atoms with E-state index in [4.69, 9.17) is 9.47 Å². The van der Waals surface area contributed by atoms with Crippen molar-refractivity contribution in [2.24, 2.45) is 0 Å². The molecule has 1 N–H and O–H groups in total. The monoisotopic (exact) mass is 339 g/mol. The van der Waals surface area contributed by atoms with Gasteiger partial charge in [-0.1, -0.05) is 12.1 Å². The highest BCUT2D eigenvalue weighted by atomic mass is 16.5. The quantitative estimate of drug-likeness (QED) is 0.617. The van der Waals surface area contributed by atoms with Crippen molar-refractivity contribution in [3.63, 3.8) is 0 Å². The van der Waals surface area contributed by atoms with Crippen molar-refractivity contribution >= 4 is 5.69 Å². The Bertz CT molecular complexity index is 722. The van der Waals surface area contributed by atoms with Gasteiger partial charge in [0.05, 0.1) is 13.2 Å². The lowest BCUT2D eigenvalue weighted by Gasteiger charge is -2.17. The molecule has 0 atom stereocenters. The van der Waals surface area contributed by atoms with Crippen LogP contribution in [0.5, 0.6) is 11.5 Å². The Balaban J connectivity index is 2.26. The summed E-state index contributed by atoms with van der Waals surface area (Å²) < 4.78 is 11.6. The van der Waals surface area contributed by atoms with Gasteiger partial charge < -0.3 is 14.8 Å². The van der Waals surface area contributed by atoms with Gasteiger partial charge in [0.2, 0.25) is 0 Å². The van der Waals surface area contributed by atoms with Gasteiger partial charge in [0, 0.05) is 17.8 Å². The van der Waals surface area contributed by atoms with Crippen molar-refractivity contribution in [3.8, 4) is 11.5 Å². The Morgan fingerprint density at radius 3 is 2.40 bits per heavy atom. The minimum absolute atomic E-state index is 0.613. The lowest BCUT2D eigenvalue weighted by molar-refractivity contribution is 0.285. The number of hydrogen-bond donors (Lipinski definition) is 1. The number of ether oxygens (including phenoxy) is 2.